The number of rotatable bonds is 4. The van der Waals surface area contributed by atoms with Gasteiger partial charge in [0, 0.05) is 10.3 Å². The molecule has 0 aliphatic heterocycles. The van der Waals surface area contributed by atoms with Gasteiger partial charge in [0.05, 0.1) is 33.5 Å². The van der Waals surface area contributed by atoms with Gasteiger partial charge >= 0.3 is 29.6 Å². The molecule has 0 saturated heterocycles. The van der Waals surface area contributed by atoms with Gasteiger partial charge in [0.25, 0.3) is 0 Å². The number of nitrogens with zero attached hydrogens (tertiary/aromatic N) is 1. The molecule has 33 heavy (non-hydrogen) atoms. The first-order valence-electron chi connectivity index (χ1n) is 11.2. The molecule has 0 N–H and O–H groups in total. The van der Waals surface area contributed by atoms with Crippen LogP contribution < -0.4 is 39.4 Å². The van der Waals surface area contributed by atoms with Crippen molar-refractivity contribution >= 4 is 38.3 Å². The fraction of sp³-hybridized carbons (Fsp3) is 0.333. The summed E-state index contributed by atoms with van der Waals surface area (Å²) in [4.78, 5) is 18.2. The third kappa shape index (κ3) is 4.57. The van der Waals surface area contributed by atoms with Gasteiger partial charge in [-0.3, -0.25) is 0 Å². The first-order chi connectivity index (χ1) is 15.4. The summed E-state index contributed by atoms with van der Waals surface area (Å²) in [5.74, 6) is 0.00706. The fourth-order valence-corrected chi connectivity index (χ4v) is 6.07. The van der Waals surface area contributed by atoms with Crippen LogP contribution in [-0.2, 0) is 0 Å². The van der Waals surface area contributed by atoms with E-state index in [0.717, 1.165) is 40.0 Å². The second-order valence-corrected chi connectivity index (χ2v) is 10.1. The Labute approximate surface area is 220 Å². The van der Waals surface area contributed by atoms with Crippen molar-refractivity contribution in [2.75, 3.05) is 0 Å². The van der Waals surface area contributed by atoms with E-state index in [-0.39, 0.29) is 41.2 Å². The topological polar surface area (TPSA) is 62.2 Å². The molecule has 2 aromatic heterocycles. The molecular weight excluding hydrogens is 441 g/mol. The number of benzene rings is 2. The van der Waals surface area contributed by atoms with Crippen LogP contribution in [0.5, 0.6) is 5.75 Å². The number of carboxylic acid groups (broad SMARTS) is 1. The first-order valence-corrected chi connectivity index (χ1v) is 12.0. The number of hydrogen-bond donors (Lipinski definition) is 0. The minimum absolute atomic E-state index is 0. The van der Waals surface area contributed by atoms with Crippen molar-refractivity contribution in [2.45, 2.75) is 52.6 Å². The normalized spacial score (nSPS) is 18.3. The molecule has 4 nitrogen and oxygen atoms in total. The maximum absolute atomic E-state index is 12.3. The summed E-state index contributed by atoms with van der Waals surface area (Å²) >= 11 is 1.64. The van der Waals surface area contributed by atoms with Crippen molar-refractivity contribution in [1.29, 1.82) is 0 Å². The molecule has 5 rings (SSSR count). The molecule has 1 saturated carbocycles. The zero-order valence-corrected chi connectivity index (χ0v) is 22.4. The van der Waals surface area contributed by atoms with Crippen molar-refractivity contribution in [3.63, 3.8) is 0 Å². The smallest absolute Gasteiger partial charge is 0.545 e. The average Bonchev–Trinajstić information content (AvgIpc) is 3.12. The molecule has 2 aromatic carbocycles. The van der Waals surface area contributed by atoms with Gasteiger partial charge in [0.2, 0.25) is 0 Å². The van der Waals surface area contributed by atoms with Crippen LogP contribution in [-0.4, -0.2) is 17.1 Å². The summed E-state index contributed by atoms with van der Waals surface area (Å²) in [7, 11) is 0. The van der Waals surface area contributed by atoms with Crippen molar-refractivity contribution < 1.29 is 44.2 Å². The molecule has 1 fully saturated rings. The van der Waals surface area contributed by atoms with Gasteiger partial charge in [-0.15, -0.1) is 11.3 Å². The van der Waals surface area contributed by atoms with Crippen LogP contribution >= 0.6 is 11.3 Å². The Balaban J connectivity index is 0.00000259. The van der Waals surface area contributed by atoms with Gasteiger partial charge in [0.1, 0.15) is 5.75 Å². The van der Waals surface area contributed by atoms with Gasteiger partial charge in [-0.05, 0) is 73.7 Å². The van der Waals surface area contributed by atoms with Crippen LogP contribution in [0, 0.1) is 19.8 Å². The molecule has 4 aromatic rings. The second kappa shape index (κ2) is 9.75. The van der Waals surface area contributed by atoms with Crippen molar-refractivity contribution in [3.05, 3.63) is 59.2 Å². The summed E-state index contributed by atoms with van der Waals surface area (Å²) in [5.41, 5.74) is 3.52. The Morgan fingerprint density at radius 3 is 2.67 bits per heavy atom. The monoisotopic (exact) mass is 467 g/mol. The number of carbonyl (C=O) groups is 1. The summed E-state index contributed by atoms with van der Waals surface area (Å²) in [6.07, 6.45) is 4.44. The van der Waals surface area contributed by atoms with Crippen molar-refractivity contribution in [2.24, 2.45) is 5.92 Å². The van der Waals surface area contributed by atoms with Crippen LogP contribution in [0.15, 0.2) is 42.5 Å². The molecular formula is C27H26NNaO3S. The molecule has 0 radical (unpaired) electrons. The van der Waals surface area contributed by atoms with E-state index in [1.54, 1.807) is 17.4 Å². The predicted octanol–water partition coefficient (Wildman–Crippen LogP) is 3.06. The zero-order valence-electron chi connectivity index (χ0n) is 19.6. The van der Waals surface area contributed by atoms with Crippen LogP contribution in [0.25, 0.3) is 31.6 Å². The molecule has 0 amide bonds. The SMILES string of the molecule is Cc1c(-c2cc(C(=O)[O-])c3c(O[C@@H]4CCC[C@@H](C)C4)ccc(C)c3n2)sc2ccccc12.[Na+]. The van der Waals surface area contributed by atoms with E-state index in [2.05, 4.69) is 26.0 Å². The molecule has 1 aliphatic carbocycles. The quantitative estimate of drug-likeness (QED) is 0.433. The maximum Gasteiger partial charge on any atom is 1.00 e. The number of carbonyl (C=O) groups excluding carboxylic acids is 1. The molecule has 0 spiro atoms. The first kappa shape index (κ1) is 24.2. The van der Waals surface area contributed by atoms with Crippen LogP contribution in [0.1, 0.15) is 54.1 Å². The van der Waals surface area contributed by atoms with E-state index in [0.29, 0.717) is 28.3 Å². The van der Waals surface area contributed by atoms with E-state index >= 15 is 0 Å². The number of thiophene rings is 1. The van der Waals surface area contributed by atoms with Crippen LogP contribution in [0.4, 0.5) is 0 Å². The van der Waals surface area contributed by atoms with Gasteiger partial charge in [0.15, 0.2) is 0 Å². The molecule has 164 valence electrons. The fourth-order valence-electron chi connectivity index (χ4n) is 4.90. The molecule has 1 aliphatic rings. The minimum atomic E-state index is -1.20. The Morgan fingerprint density at radius 2 is 1.94 bits per heavy atom. The number of pyridine rings is 1. The molecule has 0 bridgehead atoms. The van der Waals surface area contributed by atoms with Gasteiger partial charge < -0.3 is 14.6 Å². The molecule has 2 atom stereocenters. The third-order valence-corrected chi connectivity index (χ3v) is 7.90. The van der Waals surface area contributed by atoms with E-state index < -0.39 is 5.97 Å². The Hall–Kier alpha value is -1.92. The van der Waals surface area contributed by atoms with Crippen molar-refractivity contribution in [1.82, 2.24) is 4.98 Å². The van der Waals surface area contributed by atoms with Crippen LogP contribution in [0.3, 0.4) is 0 Å². The largest absolute Gasteiger partial charge is 1.00 e. The summed E-state index contributed by atoms with van der Waals surface area (Å²) in [5, 5.41) is 14.0. The molecule has 2 heterocycles. The third-order valence-electron chi connectivity index (χ3n) is 6.60. The average molecular weight is 468 g/mol. The predicted molar refractivity (Wildman–Crippen MR) is 128 cm³/mol. The minimum Gasteiger partial charge on any atom is -0.545 e. The van der Waals surface area contributed by atoms with Gasteiger partial charge in [-0.25, -0.2) is 4.98 Å². The molecule has 0 unspecified atom stereocenters. The van der Waals surface area contributed by atoms with E-state index in [1.165, 1.54) is 11.8 Å². The second-order valence-electron chi connectivity index (χ2n) is 9.01. The summed E-state index contributed by atoms with van der Waals surface area (Å²) < 4.78 is 7.54. The Morgan fingerprint density at radius 1 is 1.15 bits per heavy atom. The standard InChI is InChI=1S/C27H27NO3S.Na/c1-15-7-6-8-18(13-15)31-22-12-11-16(2)25-24(22)20(27(29)30)14-21(28-25)26-17(3)19-9-4-5-10-23(19)32-26;/h4-5,9-12,14-15,18H,6-8,13H2,1-3H3,(H,29,30);/q;+1/p-1/t15-,18-;/m1./s1. The number of carboxylic acids is 1. The number of hydrogen-bond acceptors (Lipinski definition) is 5. The Bertz CT molecular complexity index is 1350. The van der Waals surface area contributed by atoms with Gasteiger partial charge in [-0.1, -0.05) is 37.6 Å². The summed E-state index contributed by atoms with van der Waals surface area (Å²) in [6.45, 7) is 6.27. The number of aryl methyl sites for hydroxylation is 2. The van der Waals surface area contributed by atoms with E-state index in [1.807, 2.05) is 31.2 Å². The summed E-state index contributed by atoms with van der Waals surface area (Å²) in [6, 6.07) is 13.7. The maximum atomic E-state index is 12.3. The Kier molecular flexibility index (Phi) is 7.15. The van der Waals surface area contributed by atoms with Crippen LogP contribution in [0.2, 0.25) is 0 Å². The number of fused-ring (bicyclic) bond motifs is 2. The number of aromatic nitrogens is 1. The number of aromatic carboxylic acids is 1. The van der Waals surface area contributed by atoms with E-state index in [9.17, 15) is 9.90 Å². The number of ether oxygens (including phenoxy) is 1. The van der Waals surface area contributed by atoms with Gasteiger partial charge in [-0.2, -0.15) is 0 Å². The van der Waals surface area contributed by atoms with E-state index in [4.69, 9.17) is 9.72 Å². The van der Waals surface area contributed by atoms with Crippen molar-refractivity contribution in [3.8, 4) is 16.3 Å². The molecule has 6 heteroatoms. The zero-order chi connectivity index (χ0) is 22.4.